The topological polar surface area (TPSA) is 53.6 Å². The maximum atomic E-state index is 5.98. The third kappa shape index (κ3) is 2.40. The highest BCUT2D eigenvalue weighted by atomic mass is 35.5. The smallest absolute Gasteiger partial charge is 0.145 e. The van der Waals surface area contributed by atoms with Crippen LogP contribution in [0.15, 0.2) is 30.6 Å². The van der Waals surface area contributed by atoms with Crippen LogP contribution < -0.4 is 5.32 Å². The number of hydrogen-bond acceptors (Lipinski definition) is 3. The average Bonchev–Trinajstić information content (AvgIpc) is 2.79. The predicted molar refractivity (Wildman–Crippen MR) is 63.4 cm³/mol. The van der Waals surface area contributed by atoms with Gasteiger partial charge in [-0.2, -0.15) is 5.10 Å². The molecule has 0 aliphatic heterocycles. The Morgan fingerprint density at radius 3 is 3.00 bits per heavy atom. The molecule has 0 fully saturated rings. The summed E-state index contributed by atoms with van der Waals surface area (Å²) < 4.78 is 0. The molecule has 84 valence electrons. The Hall–Kier alpha value is -1.39. The van der Waals surface area contributed by atoms with Crippen LogP contribution in [0.4, 0.5) is 0 Å². The second kappa shape index (κ2) is 5.09. The second-order valence-corrected chi connectivity index (χ2v) is 3.85. The van der Waals surface area contributed by atoms with Gasteiger partial charge in [0.2, 0.25) is 0 Å². The average molecular weight is 237 g/mol. The zero-order valence-electron chi connectivity index (χ0n) is 8.94. The molecule has 1 atom stereocenters. The molecule has 0 bridgehead atoms. The first-order chi connectivity index (χ1) is 7.81. The predicted octanol–water partition coefficient (Wildman–Crippen LogP) is 2.16. The van der Waals surface area contributed by atoms with Crippen molar-refractivity contribution in [1.82, 2.24) is 20.5 Å². The molecule has 0 saturated carbocycles. The highest BCUT2D eigenvalue weighted by molar-refractivity contribution is 6.30. The van der Waals surface area contributed by atoms with E-state index in [-0.39, 0.29) is 6.04 Å². The van der Waals surface area contributed by atoms with E-state index in [9.17, 15) is 0 Å². The van der Waals surface area contributed by atoms with Crippen molar-refractivity contribution in [1.29, 1.82) is 0 Å². The Balaban J connectivity index is 2.33. The van der Waals surface area contributed by atoms with Crippen LogP contribution in [0.3, 0.4) is 0 Å². The maximum absolute atomic E-state index is 5.98. The van der Waals surface area contributed by atoms with Crippen LogP contribution >= 0.6 is 11.6 Å². The zero-order valence-corrected chi connectivity index (χ0v) is 9.70. The number of nitrogens with one attached hydrogen (secondary N) is 2. The zero-order chi connectivity index (χ0) is 11.4. The Labute approximate surface area is 99.1 Å². The summed E-state index contributed by atoms with van der Waals surface area (Å²) in [6.45, 7) is 2.89. The van der Waals surface area contributed by atoms with Crippen molar-refractivity contribution >= 4 is 11.6 Å². The standard InChI is InChI=1S/C11H13ClN4/c1-2-13-10(11-14-7-15-16-11)8-4-3-5-9(12)6-8/h3-7,10,13H,2H2,1H3,(H,14,15,16). The van der Waals surface area contributed by atoms with Crippen molar-refractivity contribution in [2.24, 2.45) is 0 Å². The summed E-state index contributed by atoms with van der Waals surface area (Å²) in [6, 6.07) is 7.73. The van der Waals surface area contributed by atoms with Gasteiger partial charge < -0.3 is 5.32 Å². The number of H-pyrrole nitrogens is 1. The van der Waals surface area contributed by atoms with Gasteiger partial charge in [-0.25, -0.2) is 4.98 Å². The largest absolute Gasteiger partial charge is 0.304 e. The van der Waals surface area contributed by atoms with Crippen LogP contribution in [0.25, 0.3) is 0 Å². The second-order valence-electron chi connectivity index (χ2n) is 3.42. The molecular weight excluding hydrogens is 224 g/mol. The van der Waals surface area contributed by atoms with Crippen LogP contribution in [0, 0.1) is 0 Å². The van der Waals surface area contributed by atoms with Gasteiger partial charge in [0, 0.05) is 5.02 Å². The van der Waals surface area contributed by atoms with Gasteiger partial charge in [-0.1, -0.05) is 30.7 Å². The van der Waals surface area contributed by atoms with E-state index in [0.29, 0.717) is 0 Å². The molecule has 2 rings (SSSR count). The number of aromatic amines is 1. The van der Waals surface area contributed by atoms with E-state index >= 15 is 0 Å². The van der Waals surface area contributed by atoms with E-state index in [0.717, 1.165) is 23.0 Å². The van der Waals surface area contributed by atoms with Crippen LogP contribution in [-0.4, -0.2) is 21.7 Å². The molecule has 5 heteroatoms. The summed E-state index contributed by atoms with van der Waals surface area (Å²) in [7, 11) is 0. The lowest BCUT2D eigenvalue weighted by Crippen LogP contribution is -2.23. The Morgan fingerprint density at radius 2 is 2.38 bits per heavy atom. The molecule has 0 saturated heterocycles. The fourth-order valence-corrected chi connectivity index (χ4v) is 1.82. The van der Waals surface area contributed by atoms with Crippen LogP contribution in [0.1, 0.15) is 24.4 Å². The van der Waals surface area contributed by atoms with Gasteiger partial charge in [-0.3, -0.25) is 5.10 Å². The molecular formula is C11H13ClN4. The normalized spacial score (nSPS) is 12.6. The quantitative estimate of drug-likeness (QED) is 0.856. The Kier molecular flexibility index (Phi) is 3.54. The monoisotopic (exact) mass is 236 g/mol. The van der Waals surface area contributed by atoms with Crippen molar-refractivity contribution in [2.45, 2.75) is 13.0 Å². The summed E-state index contributed by atoms with van der Waals surface area (Å²) in [5, 5.41) is 10.8. The number of hydrogen-bond donors (Lipinski definition) is 2. The maximum Gasteiger partial charge on any atom is 0.145 e. The van der Waals surface area contributed by atoms with Crippen LogP contribution in [0.2, 0.25) is 5.02 Å². The van der Waals surface area contributed by atoms with Crippen LogP contribution in [-0.2, 0) is 0 Å². The summed E-state index contributed by atoms with van der Waals surface area (Å²) in [4.78, 5) is 4.17. The number of aromatic nitrogens is 3. The van der Waals surface area contributed by atoms with Crippen molar-refractivity contribution < 1.29 is 0 Å². The molecule has 1 heterocycles. The third-order valence-electron chi connectivity index (χ3n) is 2.30. The minimum absolute atomic E-state index is 0.00574. The molecule has 16 heavy (non-hydrogen) atoms. The number of nitrogens with zero attached hydrogens (tertiary/aromatic N) is 2. The van der Waals surface area contributed by atoms with Crippen molar-refractivity contribution in [3.8, 4) is 0 Å². The van der Waals surface area contributed by atoms with E-state index in [2.05, 4.69) is 20.5 Å². The molecule has 4 nitrogen and oxygen atoms in total. The first-order valence-corrected chi connectivity index (χ1v) is 5.53. The summed E-state index contributed by atoms with van der Waals surface area (Å²) >= 11 is 5.98. The molecule has 0 aliphatic rings. The van der Waals surface area contributed by atoms with Gasteiger partial charge in [-0.15, -0.1) is 0 Å². The lowest BCUT2D eigenvalue weighted by atomic mass is 10.1. The summed E-state index contributed by atoms with van der Waals surface area (Å²) in [5.74, 6) is 0.795. The van der Waals surface area contributed by atoms with E-state index < -0.39 is 0 Å². The lowest BCUT2D eigenvalue weighted by Gasteiger charge is -2.15. The Bertz CT molecular complexity index is 441. The molecule has 1 aromatic heterocycles. The molecule has 0 amide bonds. The molecule has 0 radical (unpaired) electrons. The summed E-state index contributed by atoms with van der Waals surface area (Å²) in [5.41, 5.74) is 1.08. The number of rotatable bonds is 4. The molecule has 2 N–H and O–H groups in total. The van der Waals surface area contributed by atoms with Gasteiger partial charge in [0.1, 0.15) is 12.2 Å². The van der Waals surface area contributed by atoms with E-state index in [1.807, 2.05) is 31.2 Å². The molecule has 1 aromatic carbocycles. The van der Waals surface area contributed by atoms with E-state index in [1.165, 1.54) is 6.33 Å². The molecule has 2 aromatic rings. The van der Waals surface area contributed by atoms with Crippen molar-refractivity contribution in [3.05, 3.63) is 47.0 Å². The molecule has 0 spiro atoms. The third-order valence-corrected chi connectivity index (χ3v) is 2.53. The van der Waals surface area contributed by atoms with Gasteiger partial charge in [0.15, 0.2) is 0 Å². The minimum Gasteiger partial charge on any atom is -0.304 e. The van der Waals surface area contributed by atoms with Gasteiger partial charge >= 0.3 is 0 Å². The molecule has 1 unspecified atom stereocenters. The van der Waals surface area contributed by atoms with Crippen molar-refractivity contribution in [2.75, 3.05) is 6.54 Å². The minimum atomic E-state index is 0.00574. The first-order valence-electron chi connectivity index (χ1n) is 5.15. The fourth-order valence-electron chi connectivity index (χ4n) is 1.62. The Morgan fingerprint density at radius 1 is 1.50 bits per heavy atom. The number of halogens is 1. The first kappa shape index (κ1) is 11.1. The van der Waals surface area contributed by atoms with Gasteiger partial charge in [-0.05, 0) is 24.2 Å². The number of benzene rings is 1. The lowest BCUT2D eigenvalue weighted by molar-refractivity contribution is 0.600. The van der Waals surface area contributed by atoms with Crippen LogP contribution in [0.5, 0.6) is 0 Å². The summed E-state index contributed by atoms with van der Waals surface area (Å²) in [6.07, 6.45) is 1.50. The molecule has 0 aliphatic carbocycles. The van der Waals surface area contributed by atoms with Gasteiger partial charge in [0.25, 0.3) is 0 Å². The van der Waals surface area contributed by atoms with E-state index in [4.69, 9.17) is 11.6 Å². The van der Waals surface area contributed by atoms with Gasteiger partial charge in [0.05, 0.1) is 6.04 Å². The highest BCUT2D eigenvalue weighted by Crippen LogP contribution is 2.21. The van der Waals surface area contributed by atoms with E-state index in [1.54, 1.807) is 0 Å². The highest BCUT2D eigenvalue weighted by Gasteiger charge is 2.15. The SMILES string of the molecule is CCNC(c1cccc(Cl)c1)c1ncn[nH]1. The fraction of sp³-hybridized carbons (Fsp3) is 0.273. The van der Waals surface area contributed by atoms with Crippen molar-refractivity contribution in [3.63, 3.8) is 0 Å².